The third kappa shape index (κ3) is 5.21. The number of ether oxygens (including phenoxy) is 1. The van der Waals surface area contributed by atoms with E-state index in [1.54, 1.807) is 24.3 Å². The Hall–Kier alpha value is -2.66. The molecule has 2 rings (SSSR count). The molecule has 4 nitrogen and oxygen atoms in total. The second-order valence-corrected chi connectivity index (χ2v) is 5.31. The summed E-state index contributed by atoms with van der Waals surface area (Å²) >= 11 is 0. The summed E-state index contributed by atoms with van der Waals surface area (Å²) < 4.78 is 18.5. The maximum Gasteiger partial charge on any atom is 0.251 e. The molecule has 5 heteroatoms. The highest BCUT2D eigenvalue weighted by molar-refractivity contribution is 5.94. The monoisotopic (exact) mass is 328 g/mol. The molecule has 0 saturated carbocycles. The Morgan fingerprint density at radius 2 is 1.88 bits per heavy atom. The molecule has 2 aromatic rings. The number of nitrogens with one attached hydrogen (secondary N) is 1. The van der Waals surface area contributed by atoms with E-state index in [-0.39, 0.29) is 25.1 Å². The van der Waals surface area contributed by atoms with Gasteiger partial charge in [0.1, 0.15) is 18.2 Å². The molecule has 24 heavy (non-hydrogen) atoms. The van der Waals surface area contributed by atoms with Gasteiger partial charge in [0.15, 0.2) is 0 Å². The van der Waals surface area contributed by atoms with Gasteiger partial charge in [0.25, 0.3) is 5.91 Å². The van der Waals surface area contributed by atoms with E-state index in [9.17, 15) is 9.18 Å². The number of carbonyl (C=O) groups is 1. The zero-order valence-corrected chi connectivity index (χ0v) is 13.5. The minimum atomic E-state index is -0.420. The first-order valence-electron chi connectivity index (χ1n) is 7.73. The summed E-state index contributed by atoms with van der Waals surface area (Å²) in [6.45, 7) is 1.89. The van der Waals surface area contributed by atoms with Crippen molar-refractivity contribution in [3.63, 3.8) is 0 Å². The highest BCUT2D eigenvalue weighted by Crippen LogP contribution is 2.16. The van der Waals surface area contributed by atoms with Crippen molar-refractivity contribution in [2.24, 2.45) is 5.73 Å². The number of rotatable bonds is 7. The van der Waals surface area contributed by atoms with Crippen LogP contribution in [0.3, 0.4) is 0 Å². The van der Waals surface area contributed by atoms with E-state index in [1.807, 2.05) is 37.3 Å². The maximum absolute atomic E-state index is 13.2. The van der Waals surface area contributed by atoms with Gasteiger partial charge >= 0.3 is 0 Å². The zero-order chi connectivity index (χ0) is 17.4. The fourth-order valence-corrected chi connectivity index (χ4v) is 2.15. The molecule has 0 spiro atoms. The van der Waals surface area contributed by atoms with Crippen LogP contribution in [0.15, 0.2) is 66.5 Å². The average molecular weight is 328 g/mol. The average Bonchev–Trinajstić information content (AvgIpc) is 2.61. The number of hydrogen-bond acceptors (Lipinski definition) is 3. The number of nitrogens with two attached hydrogens (primary N) is 1. The molecule has 1 atom stereocenters. The molecule has 3 N–H and O–H groups in total. The third-order valence-corrected chi connectivity index (χ3v) is 3.48. The Kier molecular flexibility index (Phi) is 6.51. The second-order valence-electron chi connectivity index (χ2n) is 5.31. The fourth-order valence-electron chi connectivity index (χ4n) is 2.15. The van der Waals surface area contributed by atoms with Gasteiger partial charge in [0.2, 0.25) is 0 Å². The number of benzene rings is 2. The van der Waals surface area contributed by atoms with Crippen LogP contribution in [-0.4, -0.2) is 19.1 Å². The van der Waals surface area contributed by atoms with Gasteiger partial charge in [-0.25, -0.2) is 4.39 Å². The molecular formula is C19H21FN2O2. The van der Waals surface area contributed by atoms with Crippen molar-refractivity contribution in [3.8, 4) is 5.75 Å². The molecule has 2 aromatic carbocycles. The molecule has 0 aliphatic carbocycles. The Bertz CT molecular complexity index is 684. The molecule has 0 radical (unpaired) electrons. The van der Waals surface area contributed by atoms with Crippen LogP contribution in [0.1, 0.15) is 28.9 Å². The lowest BCUT2D eigenvalue weighted by Gasteiger charge is -2.14. The van der Waals surface area contributed by atoms with Gasteiger partial charge in [0.05, 0.1) is 6.04 Å². The van der Waals surface area contributed by atoms with Gasteiger partial charge in [0, 0.05) is 12.1 Å². The molecule has 1 amide bonds. The predicted octanol–water partition coefficient (Wildman–Crippen LogP) is 3.37. The van der Waals surface area contributed by atoms with Gasteiger partial charge in [-0.1, -0.05) is 30.3 Å². The van der Waals surface area contributed by atoms with Crippen LogP contribution in [-0.2, 0) is 0 Å². The molecule has 0 fully saturated rings. The van der Waals surface area contributed by atoms with Gasteiger partial charge < -0.3 is 15.8 Å². The van der Waals surface area contributed by atoms with E-state index in [1.165, 1.54) is 6.08 Å². The van der Waals surface area contributed by atoms with E-state index in [4.69, 9.17) is 10.5 Å². The normalized spacial score (nSPS) is 12.5. The first kappa shape index (κ1) is 17.7. The summed E-state index contributed by atoms with van der Waals surface area (Å²) in [5, 5.41) is 2.94. The summed E-state index contributed by atoms with van der Waals surface area (Å²) in [4.78, 5) is 12.3. The van der Waals surface area contributed by atoms with Gasteiger partial charge in [-0.3, -0.25) is 4.79 Å². The Labute approximate surface area is 141 Å². The van der Waals surface area contributed by atoms with Gasteiger partial charge in [-0.2, -0.15) is 0 Å². The fraction of sp³-hybridized carbons (Fsp3) is 0.211. The number of carbonyl (C=O) groups excluding carboxylic acids is 1. The van der Waals surface area contributed by atoms with Crippen LogP contribution < -0.4 is 15.8 Å². The Balaban J connectivity index is 1.92. The smallest absolute Gasteiger partial charge is 0.251 e. The van der Waals surface area contributed by atoms with Crippen molar-refractivity contribution in [1.29, 1.82) is 0 Å². The van der Waals surface area contributed by atoms with E-state index < -0.39 is 5.83 Å². The van der Waals surface area contributed by atoms with E-state index in [0.717, 1.165) is 5.56 Å². The van der Waals surface area contributed by atoms with Crippen LogP contribution in [0.4, 0.5) is 4.39 Å². The Morgan fingerprint density at radius 1 is 1.21 bits per heavy atom. The standard InChI is InChI=1S/C19H21FN2O2/c1-14(15-5-3-2-4-6-15)22-19(23)16-7-9-18(10-8-16)24-13-17(20)11-12-21/h2-11,14H,12-13,21H2,1H3,(H,22,23)/b17-11+/t14-/m1/s1. The van der Waals surface area contributed by atoms with Crippen molar-refractivity contribution >= 4 is 5.91 Å². The van der Waals surface area contributed by atoms with Gasteiger partial charge in [-0.05, 0) is 42.8 Å². The summed E-state index contributed by atoms with van der Waals surface area (Å²) in [5.74, 6) is -0.105. The zero-order valence-electron chi connectivity index (χ0n) is 13.5. The number of hydrogen-bond donors (Lipinski definition) is 2. The SMILES string of the molecule is C[C@@H](NC(=O)c1ccc(OC/C(F)=C\CN)cc1)c1ccccc1. The van der Waals surface area contributed by atoms with Crippen molar-refractivity contribution in [2.45, 2.75) is 13.0 Å². The summed E-state index contributed by atoms with van der Waals surface area (Å²) in [7, 11) is 0. The molecule has 0 bridgehead atoms. The first-order valence-corrected chi connectivity index (χ1v) is 7.73. The molecule has 0 unspecified atom stereocenters. The Morgan fingerprint density at radius 3 is 2.50 bits per heavy atom. The highest BCUT2D eigenvalue weighted by atomic mass is 19.1. The summed E-state index contributed by atoms with van der Waals surface area (Å²) in [6, 6.07) is 16.2. The van der Waals surface area contributed by atoms with E-state index >= 15 is 0 Å². The quantitative estimate of drug-likeness (QED) is 0.819. The van der Waals surface area contributed by atoms with Crippen LogP contribution in [0.5, 0.6) is 5.75 Å². The highest BCUT2D eigenvalue weighted by Gasteiger charge is 2.11. The first-order chi connectivity index (χ1) is 11.6. The lowest BCUT2D eigenvalue weighted by Crippen LogP contribution is -2.26. The van der Waals surface area contributed by atoms with Crippen LogP contribution in [0, 0.1) is 0 Å². The molecule has 0 heterocycles. The minimum Gasteiger partial charge on any atom is -0.487 e. The minimum absolute atomic E-state index is 0.0925. The van der Waals surface area contributed by atoms with E-state index in [0.29, 0.717) is 11.3 Å². The summed E-state index contributed by atoms with van der Waals surface area (Å²) in [5.41, 5.74) is 6.77. The molecule has 126 valence electrons. The van der Waals surface area contributed by atoms with E-state index in [2.05, 4.69) is 5.32 Å². The molecule has 0 aromatic heterocycles. The van der Waals surface area contributed by atoms with Crippen molar-refractivity contribution < 1.29 is 13.9 Å². The van der Waals surface area contributed by atoms with Crippen molar-refractivity contribution in [1.82, 2.24) is 5.32 Å². The lowest BCUT2D eigenvalue weighted by molar-refractivity contribution is 0.0940. The van der Waals surface area contributed by atoms with Gasteiger partial charge in [-0.15, -0.1) is 0 Å². The predicted molar refractivity (Wildman–Crippen MR) is 92.5 cm³/mol. The van der Waals surface area contributed by atoms with Crippen LogP contribution in [0.2, 0.25) is 0 Å². The van der Waals surface area contributed by atoms with Crippen molar-refractivity contribution in [2.75, 3.05) is 13.2 Å². The maximum atomic E-state index is 13.2. The number of amides is 1. The molecule has 0 aliphatic heterocycles. The molecular weight excluding hydrogens is 307 g/mol. The lowest BCUT2D eigenvalue weighted by atomic mass is 10.1. The second kappa shape index (κ2) is 8.84. The van der Waals surface area contributed by atoms with Crippen LogP contribution >= 0.6 is 0 Å². The molecule has 0 aliphatic rings. The number of halogens is 1. The van der Waals surface area contributed by atoms with Crippen molar-refractivity contribution in [3.05, 3.63) is 77.6 Å². The third-order valence-electron chi connectivity index (χ3n) is 3.48. The largest absolute Gasteiger partial charge is 0.487 e. The summed E-state index contributed by atoms with van der Waals surface area (Å²) in [6.07, 6.45) is 1.26. The van der Waals surface area contributed by atoms with Crippen LogP contribution in [0.25, 0.3) is 0 Å². The topological polar surface area (TPSA) is 64.3 Å². The molecule has 0 saturated heterocycles.